The minimum atomic E-state index is -0.732. The third-order valence-electron chi connectivity index (χ3n) is 6.30. The van der Waals surface area contributed by atoms with Crippen LogP contribution in [-0.2, 0) is 5.41 Å². The number of benzene rings is 2. The highest BCUT2D eigenvalue weighted by Crippen LogP contribution is 2.55. The van der Waals surface area contributed by atoms with E-state index in [1.165, 1.54) is 0 Å². The Morgan fingerprint density at radius 1 is 1.21 bits per heavy atom. The summed E-state index contributed by atoms with van der Waals surface area (Å²) in [6.07, 6.45) is 3.98. The number of nitrogens with zero attached hydrogens (tertiary/aromatic N) is 2. The van der Waals surface area contributed by atoms with Crippen LogP contribution in [0.2, 0.25) is 0 Å². The van der Waals surface area contributed by atoms with Crippen molar-refractivity contribution in [3.63, 3.8) is 0 Å². The standard InChI is InChI=1S/C22H24N2O4/c1-13-11-19-16(14(2)20(13)24(25)26)9-10-22(28-19)21(3,4)17-12-15(27-6)7-8-18(17)23(22)5/h7-12H,1-6H3. The summed E-state index contributed by atoms with van der Waals surface area (Å²) < 4.78 is 12.1. The molecule has 0 saturated heterocycles. The molecule has 1 spiro atoms. The van der Waals surface area contributed by atoms with Crippen molar-refractivity contribution in [3.05, 3.63) is 62.7 Å². The second-order valence-corrected chi connectivity index (χ2v) is 8.03. The molecular weight excluding hydrogens is 356 g/mol. The molecule has 0 aliphatic carbocycles. The van der Waals surface area contributed by atoms with Crippen LogP contribution in [0.5, 0.6) is 11.5 Å². The maximum atomic E-state index is 11.5. The molecule has 2 heterocycles. The number of ether oxygens (including phenoxy) is 2. The van der Waals surface area contributed by atoms with Gasteiger partial charge in [0.05, 0.1) is 17.4 Å². The number of likely N-dealkylation sites (N-methyl/N-ethyl adjacent to an activating group) is 1. The molecule has 1 unspecified atom stereocenters. The van der Waals surface area contributed by atoms with Crippen LogP contribution in [0.3, 0.4) is 0 Å². The van der Waals surface area contributed by atoms with Crippen LogP contribution in [0.4, 0.5) is 11.4 Å². The monoisotopic (exact) mass is 380 g/mol. The van der Waals surface area contributed by atoms with Crippen LogP contribution in [0, 0.1) is 24.0 Å². The van der Waals surface area contributed by atoms with Gasteiger partial charge in [-0.15, -0.1) is 0 Å². The summed E-state index contributed by atoms with van der Waals surface area (Å²) in [5.74, 6) is 1.47. The number of nitro groups is 1. The second-order valence-electron chi connectivity index (χ2n) is 8.03. The van der Waals surface area contributed by atoms with Gasteiger partial charge in [-0.3, -0.25) is 10.1 Å². The van der Waals surface area contributed by atoms with E-state index in [-0.39, 0.29) is 16.0 Å². The van der Waals surface area contributed by atoms with Gasteiger partial charge >= 0.3 is 0 Å². The Bertz CT molecular complexity index is 1040. The van der Waals surface area contributed by atoms with E-state index < -0.39 is 5.72 Å². The lowest BCUT2D eigenvalue weighted by atomic mass is 9.76. The molecule has 0 bridgehead atoms. The van der Waals surface area contributed by atoms with Crippen LogP contribution in [-0.4, -0.2) is 24.8 Å². The van der Waals surface area contributed by atoms with Gasteiger partial charge in [0.2, 0.25) is 5.72 Å². The highest BCUT2D eigenvalue weighted by Gasteiger charge is 2.58. The van der Waals surface area contributed by atoms with Gasteiger partial charge in [-0.25, -0.2) is 0 Å². The number of hydrogen-bond donors (Lipinski definition) is 0. The predicted octanol–water partition coefficient (Wildman–Crippen LogP) is 4.75. The van der Waals surface area contributed by atoms with Gasteiger partial charge in [-0.05, 0) is 69.7 Å². The van der Waals surface area contributed by atoms with E-state index >= 15 is 0 Å². The summed E-state index contributed by atoms with van der Waals surface area (Å²) in [4.78, 5) is 13.3. The third kappa shape index (κ3) is 2.14. The van der Waals surface area contributed by atoms with Crippen molar-refractivity contribution in [3.8, 4) is 11.5 Å². The van der Waals surface area contributed by atoms with E-state index in [9.17, 15) is 10.1 Å². The topological polar surface area (TPSA) is 64.8 Å². The van der Waals surface area contributed by atoms with Gasteiger partial charge in [-0.2, -0.15) is 0 Å². The van der Waals surface area contributed by atoms with E-state index in [4.69, 9.17) is 9.47 Å². The fraction of sp³-hybridized carbons (Fsp3) is 0.364. The van der Waals surface area contributed by atoms with E-state index in [0.717, 1.165) is 22.6 Å². The van der Waals surface area contributed by atoms with Crippen molar-refractivity contribution < 1.29 is 14.4 Å². The van der Waals surface area contributed by atoms with Crippen molar-refractivity contribution in [1.82, 2.24) is 0 Å². The minimum Gasteiger partial charge on any atom is -0.497 e. The van der Waals surface area contributed by atoms with Gasteiger partial charge in [0.15, 0.2) is 0 Å². The molecule has 2 aliphatic rings. The van der Waals surface area contributed by atoms with E-state index in [0.29, 0.717) is 16.9 Å². The van der Waals surface area contributed by atoms with Crippen molar-refractivity contribution in [2.24, 2.45) is 0 Å². The molecule has 146 valence electrons. The van der Waals surface area contributed by atoms with Gasteiger partial charge in [0.25, 0.3) is 5.69 Å². The summed E-state index contributed by atoms with van der Waals surface area (Å²) in [6.45, 7) is 7.83. The van der Waals surface area contributed by atoms with Gasteiger partial charge in [-0.1, -0.05) is 0 Å². The Morgan fingerprint density at radius 2 is 1.93 bits per heavy atom. The summed E-state index contributed by atoms with van der Waals surface area (Å²) in [5.41, 5.74) is 3.25. The number of aryl methyl sites for hydroxylation is 1. The van der Waals surface area contributed by atoms with Crippen molar-refractivity contribution >= 4 is 17.5 Å². The molecular formula is C22H24N2O4. The molecule has 28 heavy (non-hydrogen) atoms. The van der Waals surface area contributed by atoms with Gasteiger partial charge in [0.1, 0.15) is 11.5 Å². The number of nitro benzene ring substituents is 1. The maximum Gasteiger partial charge on any atom is 0.276 e. The summed E-state index contributed by atoms with van der Waals surface area (Å²) in [6, 6.07) is 7.82. The Kier molecular flexibility index (Phi) is 3.76. The van der Waals surface area contributed by atoms with Crippen molar-refractivity contribution in [1.29, 1.82) is 0 Å². The smallest absolute Gasteiger partial charge is 0.276 e. The SMILES string of the molecule is COc1ccc2c(c1)C(C)(C)C1(C=Cc3c(cc(C)c([N+](=O)[O-])c3C)O1)N2C. The Labute approximate surface area is 164 Å². The van der Waals surface area contributed by atoms with E-state index in [2.05, 4.69) is 24.8 Å². The molecule has 2 aliphatic heterocycles. The van der Waals surface area contributed by atoms with E-state index in [1.807, 2.05) is 31.3 Å². The highest BCUT2D eigenvalue weighted by atomic mass is 16.6. The molecule has 0 fully saturated rings. The zero-order chi connectivity index (χ0) is 20.4. The third-order valence-corrected chi connectivity index (χ3v) is 6.30. The molecule has 0 radical (unpaired) electrons. The Hall–Kier alpha value is -3.02. The number of anilines is 1. The minimum absolute atomic E-state index is 0.148. The van der Waals surface area contributed by atoms with Crippen LogP contribution >= 0.6 is 0 Å². The molecule has 6 heteroatoms. The lowest BCUT2D eigenvalue weighted by Crippen LogP contribution is -2.58. The largest absolute Gasteiger partial charge is 0.497 e. The van der Waals surface area contributed by atoms with Crippen molar-refractivity contribution in [2.45, 2.75) is 38.8 Å². The van der Waals surface area contributed by atoms with Crippen LogP contribution in [0.25, 0.3) is 6.08 Å². The molecule has 0 amide bonds. The molecule has 2 aromatic rings. The highest BCUT2D eigenvalue weighted by molar-refractivity contribution is 5.76. The number of fused-ring (bicyclic) bond motifs is 2. The summed E-state index contributed by atoms with van der Waals surface area (Å²) in [5, 5.41) is 11.5. The number of methoxy groups -OCH3 is 1. The van der Waals surface area contributed by atoms with Gasteiger partial charge in [0, 0.05) is 29.4 Å². The van der Waals surface area contributed by atoms with Crippen molar-refractivity contribution in [2.75, 3.05) is 19.1 Å². The molecule has 4 rings (SSSR count). The average molecular weight is 380 g/mol. The molecule has 0 aromatic heterocycles. The van der Waals surface area contributed by atoms with Crippen LogP contribution < -0.4 is 14.4 Å². The first-order valence-corrected chi connectivity index (χ1v) is 9.23. The second kappa shape index (κ2) is 5.74. The number of rotatable bonds is 2. The molecule has 0 saturated carbocycles. The average Bonchev–Trinajstić information content (AvgIpc) is 2.79. The molecule has 1 atom stereocenters. The fourth-order valence-corrected chi connectivity index (χ4v) is 4.66. The zero-order valence-electron chi connectivity index (χ0n) is 17.0. The normalized spacial score (nSPS) is 21.3. The molecule has 0 N–H and O–H groups in total. The first-order chi connectivity index (χ1) is 13.1. The Balaban J connectivity index is 1.89. The summed E-state index contributed by atoms with van der Waals surface area (Å²) in [7, 11) is 3.68. The zero-order valence-corrected chi connectivity index (χ0v) is 17.0. The molecule has 2 aromatic carbocycles. The van der Waals surface area contributed by atoms with E-state index in [1.54, 1.807) is 27.0 Å². The molecule has 6 nitrogen and oxygen atoms in total. The van der Waals surface area contributed by atoms with Crippen LogP contribution in [0.15, 0.2) is 30.3 Å². The lowest BCUT2D eigenvalue weighted by molar-refractivity contribution is -0.386. The summed E-state index contributed by atoms with van der Waals surface area (Å²) >= 11 is 0. The maximum absolute atomic E-state index is 11.5. The predicted molar refractivity (Wildman–Crippen MR) is 109 cm³/mol. The fourth-order valence-electron chi connectivity index (χ4n) is 4.66. The first kappa shape index (κ1) is 18.3. The lowest BCUT2D eigenvalue weighted by Gasteiger charge is -2.46. The number of hydrogen-bond acceptors (Lipinski definition) is 5. The van der Waals surface area contributed by atoms with Gasteiger partial charge < -0.3 is 14.4 Å². The Morgan fingerprint density at radius 3 is 2.57 bits per heavy atom. The quantitative estimate of drug-likeness (QED) is 0.556. The van der Waals surface area contributed by atoms with Crippen LogP contribution in [0.1, 0.15) is 36.1 Å². The first-order valence-electron chi connectivity index (χ1n) is 9.23.